The lowest BCUT2D eigenvalue weighted by molar-refractivity contribution is 0.0521. The van der Waals surface area contributed by atoms with Gasteiger partial charge in [-0.3, -0.25) is 0 Å². The van der Waals surface area contributed by atoms with Crippen molar-refractivity contribution in [1.29, 1.82) is 0 Å². The van der Waals surface area contributed by atoms with E-state index in [9.17, 15) is 4.79 Å². The van der Waals surface area contributed by atoms with Crippen LogP contribution < -0.4 is 5.32 Å². The first-order valence-corrected chi connectivity index (χ1v) is 7.87. The van der Waals surface area contributed by atoms with Crippen molar-refractivity contribution in [2.45, 2.75) is 46.0 Å². The average molecular weight is 282 g/mol. The van der Waals surface area contributed by atoms with Gasteiger partial charge in [0.25, 0.3) is 0 Å². The summed E-state index contributed by atoms with van der Waals surface area (Å²) in [6, 6.07) is 0. The van der Waals surface area contributed by atoms with Gasteiger partial charge < -0.3 is 10.1 Å². The SMILES string of the molecule is CCOC(=O)c1ncsc1NCC1(C)CCCCC1. The fourth-order valence-corrected chi connectivity index (χ4v) is 3.26. The number of esters is 1. The Kier molecular flexibility index (Phi) is 4.80. The Morgan fingerprint density at radius 3 is 2.89 bits per heavy atom. The Bertz CT molecular complexity index is 425. The summed E-state index contributed by atoms with van der Waals surface area (Å²) in [5, 5.41) is 4.24. The molecule has 0 radical (unpaired) electrons. The monoisotopic (exact) mass is 282 g/mol. The van der Waals surface area contributed by atoms with Crippen LogP contribution in [-0.2, 0) is 4.74 Å². The van der Waals surface area contributed by atoms with Crippen LogP contribution in [-0.4, -0.2) is 24.1 Å². The van der Waals surface area contributed by atoms with Crippen molar-refractivity contribution in [3.05, 3.63) is 11.2 Å². The third-order valence-electron chi connectivity index (χ3n) is 3.77. The Morgan fingerprint density at radius 1 is 1.47 bits per heavy atom. The second-order valence-electron chi connectivity index (χ2n) is 5.48. The topological polar surface area (TPSA) is 51.2 Å². The summed E-state index contributed by atoms with van der Waals surface area (Å²) in [5.41, 5.74) is 2.46. The third kappa shape index (κ3) is 3.69. The highest BCUT2D eigenvalue weighted by Crippen LogP contribution is 2.36. The molecule has 0 aromatic carbocycles. The smallest absolute Gasteiger partial charge is 0.360 e. The minimum atomic E-state index is -0.333. The summed E-state index contributed by atoms with van der Waals surface area (Å²) in [6.45, 7) is 5.42. The molecule has 4 nitrogen and oxygen atoms in total. The summed E-state index contributed by atoms with van der Waals surface area (Å²) in [6.07, 6.45) is 6.49. The van der Waals surface area contributed by atoms with Crippen molar-refractivity contribution in [3.63, 3.8) is 0 Å². The van der Waals surface area contributed by atoms with Crippen LogP contribution >= 0.6 is 11.3 Å². The maximum Gasteiger partial charge on any atom is 0.360 e. The van der Waals surface area contributed by atoms with Gasteiger partial charge in [0.05, 0.1) is 12.1 Å². The van der Waals surface area contributed by atoms with E-state index in [0.717, 1.165) is 11.5 Å². The summed E-state index contributed by atoms with van der Waals surface area (Å²) in [4.78, 5) is 15.8. The first-order chi connectivity index (χ1) is 9.14. The molecule has 19 heavy (non-hydrogen) atoms. The fourth-order valence-electron chi connectivity index (χ4n) is 2.59. The molecule has 0 aliphatic heterocycles. The highest BCUT2D eigenvalue weighted by Gasteiger charge is 2.27. The average Bonchev–Trinajstić information content (AvgIpc) is 2.86. The van der Waals surface area contributed by atoms with E-state index in [2.05, 4.69) is 17.2 Å². The molecule has 0 bridgehead atoms. The zero-order valence-electron chi connectivity index (χ0n) is 11.7. The van der Waals surface area contributed by atoms with E-state index < -0.39 is 0 Å². The van der Waals surface area contributed by atoms with Gasteiger partial charge >= 0.3 is 5.97 Å². The molecule has 106 valence electrons. The van der Waals surface area contributed by atoms with Crippen molar-refractivity contribution >= 4 is 22.3 Å². The zero-order chi connectivity index (χ0) is 13.7. The van der Waals surface area contributed by atoms with Gasteiger partial charge in [-0.25, -0.2) is 9.78 Å². The number of aromatic nitrogens is 1. The lowest BCUT2D eigenvalue weighted by atomic mass is 9.76. The number of hydrogen-bond acceptors (Lipinski definition) is 5. The van der Waals surface area contributed by atoms with Crippen LogP contribution in [0.4, 0.5) is 5.00 Å². The maximum atomic E-state index is 11.7. The Morgan fingerprint density at radius 2 is 2.21 bits per heavy atom. The molecule has 5 heteroatoms. The van der Waals surface area contributed by atoms with Gasteiger partial charge in [-0.1, -0.05) is 26.2 Å². The Hall–Kier alpha value is -1.10. The van der Waals surface area contributed by atoms with E-state index in [4.69, 9.17) is 4.74 Å². The first kappa shape index (κ1) is 14.3. The van der Waals surface area contributed by atoms with Gasteiger partial charge in [0, 0.05) is 6.54 Å². The number of ether oxygens (including phenoxy) is 1. The van der Waals surface area contributed by atoms with Crippen molar-refractivity contribution in [2.75, 3.05) is 18.5 Å². The van der Waals surface area contributed by atoms with E-state index in [1.165, 1.54) is 43.4 Å². The van der Waals surface area contributed by atoms with Crippen LogP contribution in [0.15, 0.2) is 5.51 Å². The van der Waals surface area contributed by atoms with Crippen LogP contribution in [0, 0.1) is 5.41 Å². The maximum absolute atomic E-state index is 11.7. The molecule has 1 fully saturated rings. The molecule has 1 aromatic heterocycles. The van der Waals surface area contributed by atoms with Crippen molar-refractivity contribution in [1.82, 2.24) is 4.98 Å². The molecule has 1 N–H and O–H groups in total. The van der Waals surface area contributed by atoms with E-state index in [1.54, 1.807) is 12.4 Å². The molecule has 1 aromatic rings. The predicted octanol–water partition coefficient (Wildman–Crippen LogP) is 3.70. The molecule has 1 saturated carbocycles. The Labute approximate surface area is 118 Å². The lowest BCUT2D eigenvalue weighted by Crippen LogP contribution is -2.29. The van der Waals surface area contributed by atoms with Crippen molar-refractivity contribution < 1.29 is 9.53 Å². The number of hydrogen-bond donors (Lipinski definition) is 1. The fraction of sp³-hybridized carbons (Fsp3) is 0.714. The Balaban J connectivity index is 1.96. The summed E-state index contributed by atoms with van der Waals surface area (Å²) < 4.78 is 5.01. The van der Waals surface area contributed by atoms with Gasteiger partial charge in [0.15, 0.2) is 5.69 Å². The largest absolute Gasteiger partial charge is 0.461 e. The molecule has 0 unspecified atom stereocenters. The molecule has 0 atom stereocenters. The summed E-state index contributed by atoms with van der Waals surface area (Å²) in [7, 11) is 0. The number of nitrogens with zero attached hydrogens (tertiary/aromatic N) is 1. The van der Waals surface area contributed by atoms with Gasteiger partial charge in [-0.05, 0) is 25.2 Å². The minimum Gasteiger partial charge on any atom is -0.461 e. The number of carbonyl (C=O) groups excluding carboxylic acids is 1. The quantitative estimate of drug-likeness (QED) is 0.837. The molecule has 0 amide bonds. The molecule has 1 aliphatic rings. The van der Waals surface area contributed by atoms with Crippen LogP contribution in [0.25, 0.3) is 0 Å². The molecular formula is C14H22N2O2S. The molecule has 0 spiro atoms. The predicted molar refractivity (Wildman–Crippen MR) is 77.8 cm³/mol. The van der Waals surface area contributed by atoms with Crippen LogP contribution in [0.3, 0.4) is 0 Å². The highest BCUT2D eigenvalue weighted by atomic mass is 32.1. The summed E-state index contributed by atoms with van der Waals surface area (Å²) >= 11 is 1.47. The van der Waals surface area contributed by atoms with E-state index in [1.807, 2.05) is 0 Å². The second-order valence-corrected chi connectivity index (χ2v) is 6.33. The second kappa shape index (κ2) is 6.37. The summed E-state index contributed by atoms with van der Waals surface area (Å²) in [5.74, 6) is -0.333. The number of anilines is 1. The molecule has 0 saturated heterocycles. The number of rotatable bonds is 5. The third-order valence-corrected chi connectivity index (χ3v) is 4.56. The highest BCUT2D eigenvalue weighted by molar-refractivity contribution is 7.14. The number of nitrogens with one attached hydrogen (secondary N) is 1. The van der Waals surface area contributed by atoms with Crippen molar-refractivity contribution in [2.24, 2.45) is 5.41 Å². The number of carbonyl (C=O) groups is 1. The molecule has 1 aliphatic carbocycles. The molecule has 2 rings (SSSR count). The van der Waals surface area contributed by atoms with Gasteiger partial charge in [-0.15, -0.1) is 11.3 Å². The zero-order valence-corrected chi connectivity index (χ0v) is 12.5. The van der Waals surface area contributed by atoms with Crippen LogP contribution in [0.1, 0.15) is 56.4 Å². The minimum absolute atomic E-state index is 0.333. The first-order valence-electron chi connectivity index (χ1n) is 6.99. The van der Waals surface area contributed by atoms with Crippen LogP contribution in [0.5, 0.6) is 0 Å². The van der Waals surface area contributed by atoms with Crippen LogP contribution in [0.2, 0.25) is 0 Å². The van der Waals surface area contributed by atoms with Gasteiger partial charge in [0.1, 0.15) is 5.00 Å². The number of thiazole rings is 1. The van der Waals surface area contributed by atoms with E-state index in [-0.39, 0.29) is 5.97 Å². The van der Waals surface area contributed by atoms with E-state index in [0.29, 0.717) is 17.7 Å². The lowest BCUT2D eigenvalue weighted by Gasteiger charge is -2.33. The van der Waals surface area contributed by atoms with Crippen molar-refractivity contribution in [3.8, 4) is 0 Å². The van der Waals surface area contributed by atoms with E-state index >= 15 is 0 Å². The van der Waals surface area contributed by atoms with Gasteiger partial charge in [0.2, 0.25) is 0 Å². The van der Waals surface area contributed by atoms with Gasteiger partial charge in [-0.2, -0.15) is 0 Å². The molecular weight excluding hydrogens is 260 g/mol. The molecule has 1 heterocycles. The normalized spacial score (nSPS) is 18.0. The standard InChI is InChI=1S/C14H22N2O2S/c1-3-18-13(17)11-12(19-10-16-11)15-9-14(2)7-5-4-6-8-14/h10,15H,3-9H2,1-2H3.